The second-order valence-corrected chi connectivity index (χ2v) is 13.9. The Morgan fingerprint density at radius 2 is 1.78 bits per heavy atom. The Balaban J connectivity index is 4.75. The number of rotatable bonds is 9. The topological polar surface area (TPSA) is 142 Å². The van der Waals surface area contributed by atoms with E-state index in [0.29, 0.717) is 6.61 Å². The van der Waals surface area contributed by atoms with Crippen LogP contribution in [0.25, 0.3) is 10.4 Å². The molecule has 2 amide bonds. The van der Waals surface area contributed by atoms with Crippen LogP contribution in [0.1, 0.15) is 27.7 Å². The summed E-state index contributed by atoms with van der Waals surface area (Å²) < 4.78 is 10.3. The molecular weight excluding hydrogens is 370 g/mol. The van der Waals surface area contributed by atoms with Crippen molar-refractivity contribution in [2.45, 2.75) is 71.1 Å². The first-order chi connectivity index (χ1) is 12.2. The first kappa shape index (κ1) is 24.7. The van der Waals surface area contributed by atoms with Crippen molar-refractivity contribution < 1.29 is 23.9 Å². The van der Waals surface area contributed by atoms with E-state index in [1.165, 1.54) is 6.92 Å². The first-order valence-electron chi connectivity index (χ1n) is 8.72. The Hall–Kier alpha value is -2.26. The highest BCUT2D eigenvalue weighted by molar-refractivity contribution is 6.76. The van der Waals surface area contributed by atoms with E-state index in [1.807, 2.05) is 0 Å². The molecule has 0 aliphatic rings. The fraction of sp³-hybridized carbons (Fsp3) is 0.812. The summed E-state index contributed by atoms with van der Waals surface area (Å²) in [6.07, 6.45) is -0.832. The molecule has 0 heterocycles. The lowest BCUT2D eigenvalue weighted by molar-refractivity contribution is -0.147. The number of carbonyl (C=O) groups is 3. The molecule has 0 radical (unpaired) electrons. The van der Waals surface area contributed by atoms with E-state index in [1.54, 1.807) is 20.8 Å². The van der Waals surface area contributed by atoms with Crippen molar-refractivity contribution in [2.75, 3.05) is 13.2 Å². The van der Waals surface area contributed by atoms with Gasteiger partial charge in [0.05, 0.1) is 13.2 Å². The molecule has 0 saturated carbocycles. The molecule has 0 bridgehead atoms. The van der Waals surface area contributed by atoms with Gasteiger partial charge in [-0.3, -0.25) is 4.79 Å². The Kier molecular flexibility index (Phi) is 9.88. The number of hydrogen-bond acceptors (Lipinski definition) is 6. The van der Waals surface area contributed by atoms with Gasteiger partial charge in [0.15, 0.2) is 0 Å². The SMILES string of the molecule is C[C@@H](NC(=O)[C@@H](CN=[N+]=[N-])NC(=O)OC(C)(C)C)C(=O)OCC[Si](C)(C)C. The summed E-state index contributed by atoms with van der Waals surface area (Å²) in [6.45, 7) is 13.0. The number of nitrogens with zero attached hydrogens (tertiary/aromatic N) is 3. The van der Waals surface area contributed by atoms with Crippen molar-refractivity contribution in [3.8, 4) is 0 Å². The van der Waals surface area contributed by atoms with Crippen LogP contribution < -0.4 is 10.6 Å². The van der Waals surface area contributed by atoms with Crippen molar-refractivity contribution in [3.05, 3.63) is 10.4 Å². The maximum Gasteiger partial charge on any atom is 0.408 e. The quantitative estimate of drug-likeness (QED) is 0.201. The van der Waals surface area contributed by atoms with Crippen molar-refractivity contribution in [2.24, 2.45) is 5.11 Å². The smallest absolute Gasteiger partial charge is 0.408 e. The minimum absolute atomic E-state index is 0.299. The molecule has 0 aromatic carbocycles. The van der Waals surface area contributed by atoms with Gasteiger partial charge < -0.3 is 20.1 Å². The maximum atomic E-state index is 12.3. The van der Waals surface area contributed by atoms with Crippen molar-refractivity contribution in [1.82, 2.24) is 10.6 Å². The molecule has 0 fully saturated rings. The molecule has 154 valence electrons. The number of alkyl carbamates (subject to hydrolysis) is 1. The van der Waals surface area contributed by atoms with Gasteiger partial charge in [0.1, 0.15) is 17.7 Å². The van der Waals surface area contributed by atoms with Gasteiger partial charge in [-0.2, -0.15) is 0 Å². The van der Waals surface area contributed by atoms with Crippen LogP contribution in [0.4, 0.5) is 4.79 Å². The minimum Gasteiger partial charge on any atom is -0.464 e. The van der Waals surface area contributed by atoms with Crippen LogP contribution in [-0.2, 0) is 19.1 Å². The normalized spacial score (nSPS) is 13.6. The van der Waals surface area contributed by atoms with Gasteiger partial charge in [0.2, 0.25) is 5.91 Å². The summed E-state index contributed by atoms with van der Waals surface area (Å²) in [7, 11) is -1.33. The highest BCUT2D eigenvalue weighted by atomic mass is 28.3. The Labute approximate surface area is 161 Å². The average molecular weight is 402 g/mol. The van der Waals surface area contributed by atoms with Crippen LogP contribution in [0.3, 0.4) is 0 Å². The van der Waals surface area contributed by atoms with Crippen LogP contribution in [0, 0.1) is 0 Å². The Morgan fingerprint density at radius 1 is 1.19 bits per heavy atom. The molecule has 11 heteroatoms. The summed E-state index contributed by atoms with van der Waals surface area (Å²) in [5, 5.41) is 8.09. The summed E-state index contributed by atoms with van der Waals surface area (Å²) in [6, 6.07) is -1.26. The van der Waals surface area contributed by atoms with Crippen molar-refractivity contribution >= 4 is 26.0 Å². The number of nitrogens with one attached hydrogen (secondary N) is 2. The fourth-order valence-corrected chi connectivity index (χ4v) is 2.43. The lowest BCUT2D eigenvalue weighted by atomic mass is 10.2. The van der Waals surface area contributed by atoms with Gasteiger partial charge in [-0.1, -0.05) is 24.8 Å². The van der Waals surface area contributed by atoms with Crippen LogP contribution in [-0.4, -0.2) is 56.9 Å². The predicted molar refractivity (Wildman–Crippen MR) is 104 cm³/mol. The molecule has 2 N–H and O–H groups in total. The molecule has 0 aromatic rings. The molecule has 0 spiro atoms. The number of esters is 1. The first-order valence-corrected chi connectivity index (χ1v) is 12.4. The van der Waals surface area contributed by atoms with Gasteiger partial charge in [-0.05, 0) is 39.3 Å². The predicted octanol–water partition coefficient (Wildman–Crippen LogP) is 2.58. The molecule has 0 aliphatic heterocycles. The van der Waals surface area contributed by atoms with Crippen molar-refractivity contribution in [3.63, 3.8) is 0 Å². The fourth-order valence-electron chi connectivity index (χ4n) is 1.72. The van der Waals surface area contributed by atoms with Gasteiger partial charge >= 0.3 is 12.1 Å². The van der Waals surface area contributed by atoms with Gasteiger partial charge in [0.25, 0.3) is 0 Å². The second kappa shape index (κ2) is 10.8. The molecule has 27 heavy (non-hydrogen) atoms. The number of hydrogen-bond donors (Lipinski definition) is 2. The van der Waals surface area contributed by atoms with Gasteiger partial charge in [-0.15, -0.1) is 0 Å². The summed E-state index contributed by atoms with van der Waals surface area (Å²) in [5.41, 5.74) is 7.71. The molecule has 0 aliphatic carbocycles. The molecule has 2 atom stereocenters. The Morgan fingerprint density at radius 3 is 2.26 bits per heavy atom. The van der Waals surface area contributed by atoms with Gasteiger partial charge in [0, 0.05) is 13.0 Å². The monoisotopic (exact) mass is 401 g/mol. The van der Waals surface area contributed by atoms with E-state index in [0.717, 1.165) is 6.04 Å². The number of ether oxygens (including phenoxy) is 2. The van der Waals surface area contributed by atoms with E-state index in [9.17, 15) is 14.4 Å². The number of amides is 2. The maximum absolute atomic E-state index is 12.3. The second-order valence-electron chi connectivity index (χ2n) is 8.32. The molecule has 10 nitrogen and oxygen atoms in total. The van der Waals surface area contributed by atoms with Crippen LogP contribution in [0.5, 0.6) is 0 Å². The highest BCUT2D eigenvalue weighted by Crippen LogP contribution is 2.08. The zero-order valence-corrected chi connectivity index (χ0v) is 18.2. The molecule has 0 aromatic heterocycles. The third kappa shape index (κ3) is 12.7. The largest absolute Gasteiger partial charge is 0.464 e. The molecule has 0 unspecified atom stereocenters. The lowest BCUT2D eigenvalue weighted by Crippen LogP contribution is -2.53. The Bertz CT molecular complexity index is 579. The van der Waals surface area contributed by atoms with E-state index >= 15 is 0 Å². The molecule has 0 rings (SSSR count). The van der Waals surface area contributed by atoms with Crippen LogP contribution >= 0.6 is 0 Å². The molecule has 0 saturated heterocycles. The third-order valence-electron chi connectivity index (χ3n) is 3.14. The lowest BCUT2D eigenvalue weighted by Gasteiger charge is -2.23. The van der Waals surface area contributed by atoms with Crippen molar-refractivity contribution in [1.29, 1.82) is 0 Å². The van der Waals surface area contributed by atoms with E-state index < -0.39 is 43.7 Å². The summed E-state index contributed by atoms with van der Waals surface area (Å²) >= 11 is 0. The van der Waals surface area contributed by atoms with E-state index in [-0.39, 0.29) is 6.54 Å². The summed E-state index contributed by atoms with van der Waals surface area (Å²) in [5.74, 6) is -1.25. The summed E-state index contributed by atoms with van der Waals surface area (Å²) in [4.78, 5) is 38.8. The third-order valence-corrected chi connectivity index (χ3v) is 4.85. The molecular formula is C16H31N5O5Si. The standard InChI is InChI=1S/C16H31N5O5Si/c1-11(14(23)25-8-9-27(5,6)7)19-13(22)12(10-18-21-17)20-15(24)26-16(2,3)4/h11-12H,8-10H2,1-7H3,(H,19,22)(H,20,24)/t11-,12-/m1/s1. The van der Waals surface area contributed by atoms with Crippen LogP contribution in [0.15, 0.2) is 5.11 Å². The number of carbonyl (C=O) groups excluding carboxylic acids is 3. The minimum atomic E-state index is -1.33. The average Bonchev–Trinajstić information content (AvgIpc) is 2.47. The van der Waals surface area contributed by atoms with Crippen LogP contribution in [0.2, 0.25) is 25.7 Å². The van der Waals surface area contributed by atoms with Gasteiger partial charge in [-0.25, -0.2) is 9.59 Å². The van der Waals surface area contributed by atoms with E-state index in [2.05, 4.69) is 40.3 Å². The number of azide groups is 1. The van der Waals surface area contributed by atoms with E-state index in [4.69, 9.17) is 15.0 Å². The zero-order chi connectivity index (χ0) is 21.3. The zero-order valence-electron chi connectivity index (χ0n) is 17.2. The highest BCUT2D eigenvalue weighted by Gasteiger charge is 2.27.